The average molecular weight is 1950 g/mol. The zero-order chi connectivity index (χ0) is 80.9. The van der Waals surface area contributed by atoms with Crippen molar-refractivity contribution in [2.24, 2.45) is 0 Å². The number of furan rings is 1. The van der Waals surface area contributed by atoms with Gasteiger partial charge in [-0.25, -0.2) is 9.13 Å². The number of hydrogen-bond donors (Lipinski definition) is 0. The summed E-state index contributed by atoms with van der Waals surface area (Å²) in [5, 5.41) is 18.1. The van der Waals surface area contributed by atoms with Crippen molar-refractivity contribution in [3.05, 3.63) is 365 Å². The number of nitrogens with zero attached hydrogens (tertiary/aromatic N) is 13. The maximum Gasteiger partial charge on any atom is 3.00 e. The molecule has 123 heavy (non-hydrogen) atoms. The molecule has 10 aromatic heterocycles. The summed E-state index contributed by atoms with van der Waals surface area (Å²) in [6.45, 7) is 19.2. The zero-order valence-corrected chi connectivity index (χ0v) is 74.4. The Labute approximate surface area is 739 Å². The van der Waals surface area contributed by atoms with E-state index in [1.807, 2.05) is 145 Å². The first-order chi connectivity index (χ1) is 59.3. The van der Waals surface area contributed by atoms with Crippen LogP contribution in [-0.2, 0) is 105 Å². The molecular formula is C107H85Ir2N13O+2. The molecule has 0 saturated heterocycles. The summed E-state index contributed by atoms with van der Waals surface area (Å²) < 4.78 is 20.8. The molecule has 0 saturated carbocycles. The van der Waals surface area contributed by atoms with Gasteiger partial charge < -0.3 is 32.8 Å². The van der Waals surface area contributed by atoms with Crippen LogP contribution in [0.2, 0.25) is 0 Å². The van der Waals surface area contributed by atoms with Gasteiger partial charge in [0.05, 0.1) is 27.8 Å². The summed E-state index contributed by atoms with van der Waals surface area (Å²) >= 11 is 0. The third kappa shape index (κ3) is 11.6. The molecule has 14 nitrogen and oxygen atoms in total. The van der Waals surface area contributed by atoms with E-state index in [-0.39, 0.29) is 40.2 Å². The fourth-order valence-electron chi connectivity index (χ4n) is 21.5. The molecule has 29 rings (SSSR count). The normalized spacial score (nSPS) is 14.3. The predicted octanol–water partition coefficient (Wildman–Crippen LogP) is 21.5. The third-order valence-electron chi connectivity index (χ3n) is 26.9. The van der Waals surface area contributed by atoms with Crippen LogP contribution in [0.25, 0.3) is 142 Å². The SMILES string of the molecule is CN1C=CN(c2[c-]ccc3c2oc2ccccc23)[CH-]1.CN1C=CN(c2[c-]cccc2)[CH-]1.Cc1c2[n+]3c4c(cccc4c4ccnc5c4c3n1C5)CC2.Cc1cccc(C)c1-c1cc2c3c(c1)c1cccc4c1[n+]1c(c(C)n(c31)C2)CC4.Cc1nc2c3[c-]cccc3c3cccc4c3n2c1CC4.Cc1nc2c3[c-]cccc3c3cccc4c3n2c1CC4.[Ir+3].[Ir+3]. The van der Waals surface area contributed by atoms with E-state index in [4.69, 9.17) is 14.4 Å². The molecule has 11 aromatic carbocycles. The van der Waals surface area contributed by atoms with Crippen molar-refractivity contribution in [3.8, 4) is 11.1 Å². The molecular weight excluding hydrogens is 1870 g/mol. The smallest absolute Gasteiger partial charge is 0.514 e. The van der Waals surface area contributed by atoms with E-state index >= 15 is 0 Å². The van der Waals surface area contributed by atoms with Crippen LogP contribution in [0.3, 0.4) is 0 Å². The molecule has 0 aliphatic carbocycles. The van der Waals surface area contributed by atoms with Gasteiger partial charge in [0.25, 0.3) is 11.3 Å². The summed E-state index contributed by atoms with van der Waals surface area (Å²) in [6.07, 6.45) is 18.9. The molecule has 18 heterocycles. The number of para-hydroxylation sites is 6. The number of rotatable bonds is 3. The molecule has 21 aromatic rings. The van der Waals surface area contributed by atoms with Gasteiger partial charge >= 0.3 is 40.2 Å². The standard InChI is InChI=1S/C27H23N2.C18H14N3.2C18H13N2.C16H12N2O.C10H10N2.2Ir/c1-15-6-4-7-16(2)24(15)19-12-20-14-28-17(3)23-11-10-18-8-5-9-21-22(13-19)25(20)27(28)29(23)26(18)21;1-10-15-6-5-11-3-2-4-13-12-7-8-19-14-9-20(10)18(16(12)14)21(15)17(11)13;2*1-11-16-10-9-12-5-4-8-14-13-6-2-3-7-15(13)18(19-11)20(16)17(12)14;1-17-9-10-18(11-17)14-7-4-6-13-12-5-2-3-8-15(12)19-16(13)14;1-11-7-8-12(9-11)10-5-3-2-4-6-10;;/h4-9,12-13H,10-11,14H2,1-3H3;2-4,7-8H,5-6,9H2,1H3;2*2-6,8H,9-10H2,1H3;2-6,8-11H,1H3;2-5,7-9H,1H3;;/q2*+1;2*-1;2*-2;2*+3. The topological polar surface area (TPSA) is 91.6 Å². The van der Waals surface area contributed by atoms with E-state index < -0.39 is 0 Å². The largest absolute Gasteiger partial charge is 3.00 e. The fraction of sp³-hybridized carbons (Fsp3) is 0.168. The van der Waals surface area contributed by atoms with Crippen LogP contribution in [0.15, 0.2) is 242 Å². The van der Waals surface area contributed by atoms with E-state index in [1.165, 1.54) is 177 Å². The summed E-state index contributed by atoms with van der Waals surface area (Å²) in [5.74, 6) is 0. The average Bonchev–Trinajstić information content (AvgIpc) is 1.53. The Balaban J connectivity index is 0.0000000890. The second-order valence-corrected chi connectivity index (χ2v) is 33.7. The Morgan fingerprint density at radius 1 is 0.415 bits per heavy atom. The van der Waals surface area contributed by atoms with Gasteiger partial charge in [0.15, 0.2) is 11.4 Å². The van der Waals surface area contributed by atoms with E-state index in [2.05, 4.69) is 237 Å². The van der Waals surface area contributed by atoms with E-state index in [1.54, 1.807) is 0 Å². The van der Waals surface area contributed by atoms with Gasteiger partial charge in [0.2, 0.25) is 0 Å². The van der Waals surface area contributed by atoms with E-state index in [0.717, 1.165) is 131 Å². The summed E-state index contributed by atoms with van der Waals surface area (Å²) in [5.41, 5.74) is 39.1. The van der Waals surface area contributed by atoms with Crippen molar-refractivity contribution in [1.82, 2.24) is 42.7 Å². The quantitative estimate of drug-likeness (QED) is 0.0981. The summed E-state index contributed by atoms with van der Waals surface area (Å²) in [7, 11) is 3.99. The minimum absolute atomic E-state index is 0. The maximum absolute atomic E-state index is 5.99. The van der Waals surface area contributed by atoms with Crippen molar-refractivity contribution in [2.45, 2.75) is 106 Å². The van der Waals surface area contributed by atoms with Crippen LogP contribution in [0.4, 0.5) is 11.4 Å². The Kier molecular flexibility index (Phi) is 18.3. The Morgan fingerprint density at radius 3 is 1.54 bits per heavy atom. The molecule has 0 amide bonds. The van der Waals surface area contributed by atoms with Gasteiger partial charge in [-0.05, 0) is 174 Å². The van der Waals surface area contributed by atoms with Gasteiger partial charge in [-0.3, -0.25) is 15.0 Å². The first-order valence-corrected chi connectivity index (χ1v) is 42.4. The molecule has 0 atom stereocenters. The molecule has 0 radical (unpaired) electrons. The van der Waals surface area contributed by atoms with Gasteiger partial charge in [-0.2, -0.15) is 70.7 Å². The maximum atomic E-state index is 5.99. The van der Waals surface area contributed by atoms with Crippen LogP contribution in [0.1, 0.15) is 90.2 Å². The summed E-state index contributed by atoms with van der Waals surface area (Å²) in [4.78, 5) is 22.3. The molecule has 0 unspecified atom stereocenters. The monoisotopic (exact) mass is 1950 g/mol. The van der Waals surface area contributed by atoms with Crippen molar-refractivity contribution < 1.29 is 53.4 Å². The molecule has 0 fully saturated rings. The number of pyridine rings is 5. The molecule has 16 heteroatoms. The Hall–Kier alpha value is -12.8. The zero-order valence-electron chi connectivity index (χ0n) is 69.6. The van der Waals surface area contributed by atoms with Gasteiger partial charge in [0.1, 0.15) is 41.1 Å². The molecule has 600 valence electrons. The number of imidazole rings is 4. The van der Waals surface area contributed by atoms with Crippen LogP contribution in [0, 0.1) is 79.1 Å². The number of aromatic nitrogens is 9. The molecule has 8 aliphatic rings. The van der Waals surface area contributed by atoms with E-state index in [0.29, 0.717) is 0 Å². The number of benzene rings is 11. The van der Waals surface area contributed by atoms with Crippen LogP contribution < -0.4 is 18.6 Å². The molecule has 0 bridgehead atoms. The van der Waals surface area contributed by atoms with E-state index in [9.17, 15) is 0 Å². The van der Waals surface area contributed by atoms with Crippen molar-refractivity contribution in [3.63, 3.8) is 0 Å². The van der Waals surface area contributed by atoms with Gasteiger partial charge in [0, 0.05) is 116 Å². The number of hydrogen-bond acceptors (Lipinski definition) is 8. The molecule has 0 spiro atoms. The third-order valence-corrected chi connectivity index (χ3v) is 26.9. The fourth-order valence-corrected chi connectivity index (χ4v) is 21.5. The van der Waals surface area contributed by atoms with Crippen molar-refractivity contribution >= 4 is 143 Å². The van der Waals surface area contributed by atoms with Gasteiger partial charge in [-0.1, -0.05) is 131 Å². The second kappa shape index (κ2) is 29.5. The van der Waals surface area contributed by atoms with Crippen LogP contribution in [-0.4, -0.2) is 56.8 Å². The first kappa shape index (κ1) is 76.3. The molecule has 8 aliphatic heterocycles. The Bertz CT molecular complexity index is 7950. The minimum Gasteiger partial charge on any atom is -0.514 e. The second-order valence-electron chi connectivity index (χ2n) is 33.7. The number of aryl methyl sites for hydroxylation is 12. The predicted molar refractivity (Wildman–Crippen MR) is 488 cm³/mol. The van der Waals surface area contributed by atoms with Crippen LogP contribution >= 0.6 is 0 Å². The number of anilines is 2. The van der Waals surface area contributed by atoms with Crippen molar-refractivity contribution in [2.75, 3.05) is 23.9 Å². The minimum atomic E-state index is 0. The molecule has 0 N–H and O–H groups in total. The van der Waals surface area contributed by atoms with Gasteiger partial charge in [-0.15, -0.1) is 65.0 Å². The van der Waals surface area contributed by atoms with Crippen molar-refractivity contribution in [1.29, 1.82) is 0 Å². The van der Waals surface area contributed by atoms with Crippen LogP contribution in [0.5, 0.6) is 0 Å². The first-order valence-electron chi connectivity index (χ1n) is 42.4. The Morgan fingerprint density at radius 2 is 0.943 bits per heavy atom. The number of fused-ring (bicyclic) bond motifs is 11. The summed E-state index contributed by atoms with van der Waals surface area (Å²) in [6, 6.07) is 86.3.